The number of rotatable bonds is 3. The Hall–Kier alpha value is -1.68. The maximum Gasteiger partial charge on any atom is 0.104 e. The fraction of sp³-hybridized carbons (Fsp3) is 0.167. The number of aromatic nitrogens is 2. The van der Waals surface area contributed by atoms with E-state index in [4.69, 9.17) is 18.0 Å². The molecule has 1 aromatic heterocycles. The first-order valence-corrected chi connectivity index (χ1v) is 5.45. The van der Waals surface area contributed by atoms with Crippen LogP contribution in [-0.4, -0.2) is 14.8 Å². The van der Waals surface area contributed by atoms with Gasteiger partial charge < -0.3 is 5.73 Å². The lowest BCUT2D eigenvalue weighted by atomic mass is 10.1. The minimum Gasteiger partial charge on any atom is -0.389 e. The molecule has 0 fully saturated rings. The van der Waals surface area contributed by atoms with Crippen molar-refractivity contribution < 1.29 is 0 Å². The van der Waals surface area contributed by atoms with Gasteiger partial charge in [-0.25, -0.2) is 0 Å². The highest BCUT2D eigenvalue weighted by atomic mass is 32.1. The molecule has 82 valence electrons. The van der Waals surface area contributed by atoms with Crippen LogP contribution in [0.5, 0.6) is 0 Å². The van der Waals surface area contributed by atoms with Crippen molar-refractivity contribution in [1.82, 2.24) is 9.78 Å². The van der Waals surface area contributed by atoms with Crippen LogP contribution in [-0.2, 0) is 6.54 Å². The molecule has 1 aromatic carbocycles. The summed E-state index contributed by atoms with van der Waals surface area (Å²) in [5.74, 6) is 0. The molecule has 16 heavy (non-hydrogen) atoms. The topological polar surface area (TPSA) is 43.8 Å². The molecular formula is C12H13N3S. The standard InChI is InChI=1S/C12H13N3S/c1-9-6-7-15(14-9)8-10-4-2-3-5-11(10)12(13)16/h2-7H,8H2,1H3,(H2,13,16). The SMILES string of the molecule is Cc1ccn(Cc2ccccc2C(N)=S)n1. The summed E-state index contributed by atoms with van der Waals surface area (Å²) in [4.78, 5) is 0.430. The van der Waals surface area contributed by atoms with E-state index < -0.39 is 0 Å². The predicted molar refractivity (Wildman–Crippen MR) is 68.4 cm³/mol. The average Bonchev–Trinajstić information content (AvgIpc) is 2.64. The normalized spacial score (nSPS) is 10.3. The van der Waals surface area contributed by atoms with Gasteiger partial charge in [0.25, 0.3) is 0 Å². The van der Waals surface area contributed by atoms with Crippen molar-refractivity contribution >= 4 is 17.2 Å². The number of nitrogens with zero attached hydrogens (tertiary/aromatic N) is 2. The van der Waals surface area contributed by atoms with Crippen LogP contribution in [0.2, 0.25) is 0 Å². The Morgan fingerprint density at radius 1 is 1.38 bits per heavy atom. The second-order valence-corrected chi connectivity index (χ2v) is 4.12. The number of benzene rings is 1. The molecule has 0 aliphatic carbocycles. The summed E-state index contributed by atoms with van der Waals surface area (Å²) in [6.07, 6.45) is 1.95. The lowest BCUT2D eigenvalue weighted by molar-refractivity contribution is 0.679. The Morgan fingerprint density at radius 3 is 2.75 bits per heavy atom. The Morgan fingerprint density at radius 2 is 2.12 bits per heavy atom. The van der Waals surface area contributed by atoms with Crippen molar-refractivity contribution in [2.24, 2.45) is 5.73 Å². The Bertz CT molecular complexity index is 516. The predicted octanol–water partition coefficient (Wildman–Crippen LogP) is 1.87. The Labute approximate surface area is 99.9 Å². The van der Waals surface area contributed by atoms with Crippen molar-refractivity contribution in [2.45, 2.75) is 13.5 Å². The van der Waals surface area contributed by atoms with E-state index in [1.54, 1.807) is 0 Å². The smallest absolute Gasteiger partial charge is 0.104 e. The highest BCUT2D eigenvalue weighted by Crippen LogP contribution is 2.10. The van der Waals surface area contributed by atoms with E-state index in [1.807, 2.05) is 48.1 Å². The average molecular weight is 231 g/mol. The molecule has 2 N–H and O–H groups in total. The number of hydrogen-bond acceptors (Lipinski definition) is 2. The van der Waals surface area contributed by atoms with Crippen LogP contribution in [0.25, 0.3) is 0 Å². The Balaban J connectivity index is 2.31. The number of aryl methyl sites for hydroxylation is 1. The maximum absolute atomic E-state index is 5.68. The fourth-order valence-electron chi connectivity index (χ4n) is 1.62. The molecule has 0 amide bonds. The summed E-state index contributed by atoms with van der Waals surface area (Å²) in [6, 6.07) is 9.85. The van der Waals surface area contributed by atoms with Gasteiger partial charge in [-0.1, -0.05) is 36.5 Å². The van der Waals surface area contributed by atoms with Crippen molar-refractivity contribution in [1.29, 1.82) is 0 Å². The van der Waals surface area contributed by atoms with Gasteiger partial charge in [0.05, 0.1) is 12.2 Å². The van der Waals surface area contributed by atoms with Crippen LogP contribution in [0.4, 0.5) is 0 Å². The van der Waals surface area contributed by atoms with E-state index in [0.29, 0.717) is 11.5 Å². The molecule has 0 bridgehead atoms. The van der Waals surface area contributed by atoms with Crippen LogP contribution >= 0.6 is 12.2 Å². The molecule has 2 rings (SSSR count). The molecular weight excluding hydrogens is 218 g/mol. The minimum absolute atomic E-state index is 0.430. The van der Waals surface area contributed by atoms with Crippen molar-refractivity contribution in [2.75, 3.05) is 0 Å². The third kappa shape index (κ3) is 2.28. The van der Waals surface area contributed by atoms with Gasteiger partial charge in [0.1, 0.15) is 4.99 Å². The fourth-order valence-corrected chi connectivity index (χ4v) is 1.82. The summed E-state index contributed by atoms with van der Waals surface area (Å²) < 4.78 is 1.88. The third-order valence-corrected chi connectivity index (χ3v) is 2.61. The van der Waals surface area contributed by atoms with Gasteiger partial charge >= 0.3 is 0 Å². The monoisotopic (exact) mass is 231 g/mol. The van der Waals surface area contributed by atoms with Gasteiger partial charge in [-0.15, -0.1) is 0 Å². The molecule has 1 heterocycles. The molecule has 0 unspecified atom stereocenters. The molecule has 0 atom stereocenters. The lowest BCUT2D eigenvalue weighted by Gasteiger charge is -2.07. The highest BCUT2D eigenvalue weighted by Gasteiger charge is 2.05. The van der Waals surface area contributed by atoms with E-state index in [2.05, 4.69) is 5.10 Å². The summed E-state index contributed by atoms with van der Waals surface area (Å²) in [5, 5.41) is 4.34. The second kappa shape index (κ2) is 4.45. The minimum atomic E-state index is 0.430. The first-order valence-electron chi connectivity index (χ1n) is 5.04. The highest BCUT2D eigenvalue weighted by molar-refractivity contribution is 7.80. The largest absolute Gasteiger partial charge is 0.389 e. The Kier molecular flexibility index (Phi) is 3.01. The van der Waals surface area contributed by atoms with Gasteiger partial charge in [0.15, 0.2) is 0 Å². The van der Waals surface area contributed by atoms with Crippen LogP contribution < -0.4 is 5.73 Å². The number of hydrogen-bond donors (Lipinski definition) is 1. The molecule has 3 nitrogen and oxygen atoms in total. The third-order valence-electron chi connectivity index (χ3n) is 2.39. The van der Waals surface area contributed by atoms with E-state index in [9.17, 15) is 0 Å². The van der Waals surface area contributed by atoms with Crippen LogP contribution in [0.1, 0.15) is 16.8 Å². The van der Waals surface area contributed by atoms with Gasteiger partial charge in [-0.3, -0.25) is 4.68 Å². The van der Waals surface area contributed by atoms with Crippen molar-refractivity contribution in [3.63, 3.8) is 0 Å². The molecule has 4 heteroatoms. The molecule has 0 saturated heterocycles. The molecule has 0 aliphatic rings. The van der Waals surface area contributed by atoms with Crippen molar-refractivity contribution in [3.05, 3.63) is 53.3 Å². The first kappa shape index (κ1) is 10.8. The number of thiocarbonyl (C=S) groups is 1. The maximum atomic E-state index is 5.68. The molecule has 0 aliphatic heterocycles. The van der Waals surface area contributed by atoms with E-state index in [0.717, 1.165) is 16.8 Å². The first-order chi connectivity index (χ1) is 7.66. The molecule has 0 saturated carbocycles. The molecule has 2 aromatic rings. The van der Waals surface area contributed by atoms with Gasteiger partial charge in [0.2, 0.25) is 0 Å². The molecule has 0 radical (unpaired) electrons. The van der Waals surface area contributed by atoms with Crippen LogP contribution in [0.15, 0.2) is 36.5 Å². The van der Waals surface area contributed by atoms with E-state index in [-0.39, 0.29) is 0 Å². The zero-order chi connectivity index (χ0) is 11.5. The van der Waals surface area contributed by atoms with Gasteiger partial charge in [-0.2, -0.15) is 5.10 Å². The zero-order valence-corrected chi connectivity index (χ0v) is 9.87. The lowest BCUT2D eigenvalue weighted by Crippen LogP contribution is -2.14. The van der Waals surface area contributed by atoms with Gasteiger partial charge in [0, 0.05) is 11.8 Å². The number of nitrogens with two attached hydrogens (primary N) is 1. The van der Waals surface area contributed by atoms with E-state index in [1.165, 1.54) is 0 Å². The second-order valence-electron chi connectivity index (χ2n) is 3.68. The van der Waals surface area contributed by atoms with Gasteiger partial charge in [-0.05, 0) is 18.6 Å². The van der Waals surface area contributed by atoms with Crippen LogP contribution in [0.3, 0.4) is 0 Å². The van der Waals surface area contributed by atoms with E-state index >= 15 is 0 Å². The quantitative estimate of drug-likeness (QED) is 0.820. The van der Waals surface area contributed by atoms with Crippen molar-refractivity contribution in [3.8, 4) is 0 Å². The summed E-state index contributed by atoms with van der Waals surface area (Å²) in [6.45, 7) is 2.66. The summed E-state index contributed by atoms with van der Waals surface area (Å²) in [5.41, 5.74) is 8.70. The summed E-state index contributed by atoms with van der Waals surface area (Å²) >= 11 is 5.02. The summed E-state index contributed by atoms with van der Waals surface area (Å²) in [7, 11) is 0. The zero-order valence-electron chi connectivity index (χ0n) is 9.05. The molecule has 0 spiro atoms. The van der Waals surface area contributed by atoms with Crippen LogP contribution in [0, 0.1) is 6.92 Å².